The van der Waals surface area contributed by atoms with Gasteiger partial charge in [0.15, 0.2) is 0 Å². The molecule has 0 radical (unpaired) electrons. The Hall–Kier alpha value is -2.12. The summed E-state index contributed by atoms with van der Waals surface area (Å²) < 4.78 is 33.1. The van der Waals surface area contributed by atoms with Crippen molar-refractivity contribution in [3.05, 3.63) is 53.0 Å². The van der Waals surface area contributed by atoms with Crippen LogP contribution < -0.4 is 4.72 Å². The minimum Gasteiger partial charge on any atom is -0.467 e. The molecule has 0 bridgehead atoms. The van der Waals surface area contributed by atoms with Crippen molar-refractivity contribution >= 4 is 15.9 Å². The average Bonchev–Trinajstić information content (AvgIpc) is 2.97. The number of nitrogens with one attached hydrogen (secondary N) is 1. The standard InChI is InChI=1S/C18H24N2O4S/c1-13-10-14(2)18(15(3)11-13)25(22,23)19-7-8-20(16(4)21)12-17-6-5-9-24-17/h5-6,9-11,19H,7-8,12H2,1-4H3. The van der Waals surface area contributed by atoms with Gasteiger partial charge in [0.1, 0.15) is 5.76 Å². The van der Waals surface area contributed by atoms with Gasteiger partial charge in [0.25, 0.3) is 0 Å². The number of benzene rings is 1. The van der Waals surface area contributed by atoms with Crippen LogP contribution >= 0.6 is 0 Å². The molecule has 0 atom stereocenters. The minimum absolute atomic E-state index is 0.134. The average molecular weight is 364 g/mol. The van der Waals surface area contributed by atoms with E-state index >= 15 is 0 Å². The molecule has 1 aromatic heterocycles. The lowest BCUT2D eigenvalue weighted by Crippen LogP contribution is -2.37. The molecule has 2 rings (SSSR count). The first-order valence-corrected chi connectivity index (χ1v) is 9.54. The Morgan fingerprint density at radius 2 is 1.84 bits per heavy atom. The maximum atomic E-state index is 12.6. The molecule has 0 aliphatic rings. The van der Waals surface area contributed by atoms with E-state index in [-0.39, 0.29) is 19.0 Å². The minimum atomic E-state index is -3.63. The fourth-order valence-electron chi connectivity index (χ4n) is 2.92. The van der Waals surface area contributed by atoms with Crippen molar-refractivity contribution in [1.29, 1.82) is 0 Å². The van der Waals surface area contributed by atoms with Crippen LogP contribution in [0.4, 0.5) is 0 Å². The van der Waals surface area contributed by atoms with Gasteiger partial charge in [-0.2, -0.15) is 0 Å². The summed E-state index contributed by atoms with van der Waals surface area (Å²) in [6.45, 7) is 7.66. The number of amides is 1. The molecule has 1 aromatic carbocycles. The zero-order valence-electron chi connectivity index (χ0n) is 15.0. The predicted molar refractivity (Wildman–Crippen MR) is 95.6 cm³/mol. The molecule has 1 heterocycles. The van der Waals surface area contributed by atoms with Gasteiger partial charge < -0.3 is 9.32 Å². The summed E-state index contributed by atoms with van der Waals surface area (Å²) in [5.41, 5.74) is 2.45. The molecule has 0 aliphatic heterocycles. The van der Waals surface area contributed by atoms with Gasteiger partial charge in [-0.25, -0.2) is 13.1 Å². The highest BCUT2D eigenvalue weighted by molar-refractivity contribution is 7.89. The third-order valence-electron chi connectivity index (χ3n) is 3.92. The zero-order chi connectivity index (χ0) is 18.6. The molecule has 0 unspecified atom stereocenters. The van der Waals surface area contributed by atoms with Crippen molar-refractivity contribution in [2.75, 3.05) is 13.1 Å². The van der Waals surface area contributed by atoms with Gasteiger partial charge >= 0.3 is 0 Å². The van der Waals surface area contributed by atoms with Gasteiger partial charge in [-0.05, 0) is 44.0 Å². The molecule has 0 saturated heterocycles. The van der Waals surface area contributed by atoms with E-state index in [1.165, 1.54) is 11.8 Å². The van der Waals surface area contributed by atoms with Crippen molar-refractivity contribution < 1.29 is 17.6 Å². The summed E-state index contributed by atoms with van der Waals surface area (Å²) in [6.07, 6.45) is 1.54. The van der Waals surface area contributed by atoms with Crippen LogP contribution in [-0.4, -0.2) is 32.3 Å². The van der Waals surface area contributed by atoms with Gasteiger partial charge in [-0.15, -0.1) is 0 Å². The molecule has 0 fully saturated rings. The molecule has 7 heteroatoms. The number of nitrogens with zero attached hydrogens (tertiary/aromatic N) is 1. The molecule has 2 aromatic rings. The second-order valence-electron chi connectivity index (χ2n) is 6.15. The van der Waals surface area contributed by atoms with Crippen molar-refractivity contribution in [3.63, 3.8) is 0 Å². The van der Waals surface area contributed by atoms with Gasteiger partial charge in [0.2, 0.25) is 15.9 Å². The van der Waals surface area contributed by atoms with E-state index in [0.29, 0.717) is 28.3 Å². The molecule has 1 N–H and O–H groups in total. The maximum Gasteiger partial charge on any atom is 0.241 e. The van der Waals surface area contributed by atoms with Crippen molar-refractivity contribution in [3.8, 4) is 0 Å². The summed E-state index contributed by atoms with van der Waals surface area (Å²) in [5, 5.41) is 0. The van der Waals surface area contributed by atoms with Gasteiger partial charge in [-0.1, -0.05) is 17.7 Å². The highest BCUT2D eigenvalue weighted by Gasteiger charge is 2.20. The van der Waals surface area contributed by atoms with Crippen molar-refractivity contribution in [2.24, 2.45) is 0 Å². The summed E-state index contributed by atoms with van der Waals surface area (Å²) >= 11 is 0. The monoisotopic (exact) mass is 364 g/mol. The van der Waals surface area contributed by atoms with Gasteiger partial charge in [0, 0.05) is 20.0 Å². The fraction of sp³-hybridized carbons (Fsp3) is 0.389. The summed E-state index contributed by atoms with van der Waals surface area (Å²) in [6, 6.07) is 7.22. The number of aryl methyl sites for hydroxylation is 3. The van der Waals surface area contributed by atoms with Crippen LogP contribution in [0.1, 0.15) is 29.4 Å². The van der Waals surface area contributed by atoms with E-state index < -0.39 is 10.0 Å². The molecular weight excluding hydrogens is 340 g/mol. The van der Waals surface area contributed by atoms with Gasteiger partial charge in [-0.3, -0.25) is 4.79 Å². The Labute approximate surface area is 148 Å². The quantitative estimate of drug-likeness (QED) is 0.819. The Balaban J connectivity index is 2.05. The summed E-state index contributed by atoms with van der Waals surface area (Å²) in [5.74, 6) is 0.515. The highest BCUT2D eigenvalue weighted by Crippen LogP contribution is 2.21. The number of sulfonamides is 1. The normalized spacial score (nSPS) is 11.5. The van der Waals surface area contributed by atoms with E-state index in [0.717, 1.165) is 5.56 Å². The van der Waals surface area contributed by atoms with E-state index in [1.807, 2.05) is 19.1 Å². The van der Waals surface area contributed by atoms with Gasteiger partial charge in [0.05, 0.1) is 17.7 Å². The van der Waals surface area contributed by atoms with Crippen molar-refractivity contribution in [1.82, 2.24) is 9.62 Å². The second kappa shape index (κ2) is 7.84. The molecule has 0 saturated carbocycles. The van der Waals surface area contributed by atoms with Crippen LogP contribution in [0.2, 0.25) is 0 Å². The molecule has 0 spiro atoms. The highest BCUT2D eigenvalue weighted by atomic mass is 32.2. The Morgan fingerprint density at radius 3 is 2.36 bits per heavy atom. The van der Waals surface area contributed by atoms with Crippen LogP contribution in [-0.2, 0) is 21.4 Å². The molecule has 6 nitrogen and oxygen atoms in total. The number of carbonyl (C=O) groups is 1. The number of carbonyl (C=O) groups excluding carboxylic acids is 1. The predicted octanol–water partition coefficient (Wildman–Crippen LogP) is 2.53. The maximum absolute atomic E-state index is 12.6. The van der Waals surface area contributed by atoms with Crippen LogP contribution in [0.3, 0.4) is 0 Å². The molecule has 25 heavy (non-hydrogen) atoms. The third-order valence-corrected chi connectivity index (χ3v) is 5.68. The number of hydrogen-bond donors (Lipinski definition) is 1. The van der Waals surface area contributed by atoms with Crippen LogP contribution in [0, 0.1) is 20.8 Å². The topological polar surface area (TPSA) is 79.6 Å². The first-order chi connectivity index (χ1) is 11.7. The number of rotatable bonds is 7. The Kier molecular flexibility index (Phi) is 6.02. The van der Waals surface area contributed by atoms with Crippen molar-refractivity contribution in [2.45, 2.75) is 39.1 Å². The fourth-order valence-corrected chi connectivity index (χ4v) is 4.39. The Morgan fingerprint density at radius 1 is 1.20 bits per heavy atom. The first-order valence-electron chi connectivity index (χ1n) is 8.06. The Bertz CT molecular complexity index is 819. The smallest absolute Gasteiger partial charge is 0.241 e. The van der Waals surface area contributed by atoms with Crippen LogP contribution in [0.25, 0.3) is 0 Å². The molecule has 0 aliphatic carbocycles. The summed E-state index contributed by atoms with van der Waals surface area (Å²) in [4.78, 5) is 13.6. The van der Waals surface area contributed by atoms with Crippen LogP contribution in [0.5, 0.6) is 0 Å². The SMILES string of the molecule is CC(=O)N(CCNS(=O)(=O)c1c(C)cc(C)cc1C)Cc1ccco1. The first kappa shape index (κ1) is 19.2. The lowest BCUT2D eigenvalue weighted by molar-refractivity contribution is -0.129. The number of furan rings is 1. The van der Waals surface area contributed by atoms with E-state index in [1.54, 1.807) is 32.2 Å². The second-order valence-corrected chi connectivity index (χ2v) is 7.85. The lowest BCUT2D eigenvalue weighted by atomic mass is 10.1. The number of hydrogen-bond acceptors (Lipinski definition) is 4. The molecule has 1 amide bonds. The van der Waals surface area contributed by atoms with Crippen LogP contribution in [0.15, 0.2) is 39.8 Å². The molecule has 136 valence electrons. The molecular formula is C18H24N2O4S. The third kappa shape index (κ3) is 4.93. The van der Waals surface area contributed by atoms with E-state index in [2.05, 4.69) is 4.72 Å². The largest absolute Gasteiger partial charge is 0.467 e. The lowest BCUT2D eigenvalue weighted by Gasteiger charge is -2.20. The van der Waals surface area contributed by atoms with E-state index in [4.69, 9.17) is 4.42 Å². The summed E-state index contributed by atoms with van der Waals surface area (Å²) in [7, 11) is -3.63. The van der Waals surface area contributed by atoms with E-state index in [9.17, 15) is 13.2 Å². The zero-order valence-corrected chi connectivity index (χ0v) is 15.8.